The number of anilines is 1. The number of aromatic hydroxyl groups is 2. The average molecular weight is 250 g/mol. The molecule has 1 aromatic carbocycles. The summed E-state index contributed by atoms with van der Waals surface area (Å²) in [5.41, 5.74) is 0.258. The summed E-state index contributed by atoms with van der Waals surface area (Å²) in [6.45, 7) is 1.89. The number of nitrogens with one attached hydrogen (secondary N) is 1. The Morgan fingerprint density at radius 1 is 1.35 bits per heavy atom. The zero-order chi connectivity index (χ0) is 12.4. The van der Waals surface area contributed by atoms with Crippen molar-refractivity contribution < 1.29 is 15.0 Å². The highest BCUT2D eigenvalue weighted by Crippen LogP contribution is 2.25. The molecule has 3 N–H and O–H groups in total. The van der Waals surface area contributed by atoms with Gasteiger partial charge in [0.15, 0.2) is 16.6 Å². The molecule has 0 atom stereocenters. The predicted octanol–water partition coefficient (Wildman–Crippen LogP) is 2.12. The summed E-state index contributed by atoms with van der Waals surface area (Å²) in [7, 11) is 0. The van der Waals surface area contributed by atoms with Gasteiger partial charge in [-0.15, -0.1) is 11.3 Å². The van der Waals surface area contributed by atoms with E-state index in [1.54, 1.807) is 6.20 Å². The van der Waals surface area contributed by atoms with Gasteiger partial charge < -0.3 is 10.2 Å². The van der Waals surface area contributed by atoms with E-state index < -0.39 is 0 Å². The average Bonchev–Trinajstić information content (AvgIpc) is 2.68. The number of rotatable bonds is 2. The van der Waals surface area contributed by atoms with Crippen LogP contribution in [0.2, 0.25) is 0 Å². The van der Waals surface area contributed by atoms with Crippen molar-refractivity contribution in [3.05, 3.63) is 34.8 Å². The molecule has 88 valence electrons. The van der Waals surface area contributed by atoms with Gasteiger partial charge in [0.1, 0.15) is 0 Å². The molecular weight excluding hydrogens is 240 g/mol. The number of thiazole rings is 1. The van der Waals surface area contributed by atoms with E-state index in [1.807, 2.05) is 6.92 Å². The summed E-state index contributed by atoms with van der Waals surface area (Å²) < 4.78 is 0. The summed E-state index contributed by atoms with van der Waals surface area (Å²) in [6.07, 6.45) is 1.66. The molecule has 0 aliphatic carbocycles. The van der Waals surface area contributed by atoms with Gasteiger partial charge in [0.2, 0.25) is 0 Å². The second-order valence-corrected chi connectivity index (χ2v) is 4.67. The highest BCUT2D eigenvalue weighted by Gasteiger charge is 2.10. The summed E-state index contributed by atoms with van der Waals surface area (Å²) in [5.74, 6) is -0.964. The van der Waals surface area contributed by atoms with Crippen LogP contribution >= 0.6 is 11.3 Å². The Hall–Kier alpha value is -2.08. The minimum Gasteiger partial charge on any atom is -0.504 e. The van der Waals surface area contributed by atoms with E-state index in [9.17, 15) is 9.90 Å². The van der Waals surface area contributed by atoms with Crippen LogP contribution in [0.1, 0.15) is 15.2 Å². The first-order chi connectivity index (χ1) is 8.06. The van der Waals surface area contributed by atoms with Crippen molar-refractivity contribution >= 4 is 22.4 Å². The molecule has 5 nitrogen and oxygen atoms in total. The van der Waals surface area contributed by atoms with Crippen LogP contribution in [0.15, 0.2) is 24.4 Å². The zero-order valence-electron chi connectivity index (χ0n) is 8.97. The first-order valence-electron chi connectivity index (χ1n) is 4.82. The molecule has 0 saturated carbocycles. The topological polar surface area (TPSA) is 82.5 Å². The molecule has 0 fully saturated rings. The fourth-order valence-electron chi connectivity index (χ4n) is 1.25. The molecular formula is C11H10N2O3S. The van der Waals surface area contributed by atoms with Gasteiger partial charge in [-0.25, -0.2) is 4.98 Å². The Morgan fingerprint density at radius 2 is 2.12 bits per heavy atom. The Labute approximate surface area is 101 Å². The predicted molar refractivity (Wildman–Crippen MR) is 64.6 cm³/mol. The van der Waals surface area contributed by atoms with Gasteiger partial charge in [-0.3, -0.25) is 10.1 Å². The molecule has 17 heavy (non-hydrogen) atoms. The summed E-state index contributed by atoms with van der Waals surface area (Å²) in [4.78, 5) is 16.7. The molecule has 0 aliphatic rings. The second-order valence-electron chi connectivity index (χ2n) is 3.43. The molecule has 0 bridgehead atoms. The minimum absolute atomic E-state index is 0.258. The van der Waals surface area contributed by atoms with Crippen molar-refractivity contribution in [2.75, 3.05) is 5.32 Å². The van der Waals surface area contributed by atoms with Gasteiger partial charge in [0.25, 0.3) is 5.91 Å². The van der Waals surface area contributed by atoms with E-state index in [0.717, 1.165) is 4.88 Å². The number of hydrogen-bond acceptors (Lipinski definition) is 5. The summed E-state index contributed by atoms with van der Waals surface area (Å²) in [6, 6.07) is 3.88. The van der Waals surface area contributed by atoms with Crippen molar-refractivity contribution in [3.63, 3.8) is 0 Å². The second kappa shape index (κ2) is 4.42. The maximum Gasteiger partial charge on any atom is 0.257 e. The Bertz CT molecular complexity index is 566. The van der Waals surface area contributed by atoms with Gasteiger partial charge in [-0.05, 0) is 25.1 Å². The van der Waals surface area contributed by atoms with Crippen molar-refractivity contribution in [3.8, 4) is 11.5 Å². The molecule has 1 amide bonds. The van der Waals surface area contributed by atoms with Gasteiger partial charge in [0, 0.05) is 16.6 Å². The number of hydrogen-bond donors (Lipinski definition) is 3. The lowest BCUT2D eigenvalue weighted by atomic mass is 10.2. The number of nitrogens with zero attached hydrogens (tertiary/aromatic N) is 1. The van der Waals surface area contributed by atoms with E-state index in [4.69, 9.17) is 5.11 Å². The van der Waals surface area contributed by atoms with Gasteiger partial charge >= 0.3 is 0 Å². The molecule has 6 heteroatoms. The summed E-state index contributed by atoms with van der Waals surface area (Å²) >= 11 is 1.36. The van der Waals surface area contributed by atoms with Crippen LogP contribution in [-0.2, 0) is 0 Å². The van der Waals surface area contributed by atoms with Gasteiger partial charge in [-0.2, -0.15) is 0 Å². The first kappa shape index (κ1) is 11.4. The molecule has 2 aromatic rings. The van der Waals surface area contributed by atoms with E-state index in [2.05, 4.69) is 10.3 Å². The lowest BCUT2D eigenvalue weighted by Gasteiger charge is -2.03. The maximum absolute atomic E-state index is 11.7. The fourth-order valence-corrected chi connectivity index (χ4v) is 1.91. The number of aryl methyl sites for hydroxylation is 1. The highest BCUT2D eigenvalue weighted by molar-refractivity contribution is 7.15. The zero-order valence-corrected chi connectivity index (χ0v) is 9.78. The van der Waals surface area contributed by atoms with Crippen molar-refractivity contribution in [2.45, 2.75) is 6.92 Å². The van der Waals surface area contributed by atoms with Gasteiger partial charge in [0.05, 0.1) is 0 Å². The number of amides is 1. The van der Waals surface area contributed by atoms with Crippen LogP contribution < -0.4 is 5.32 Å². The van der Waals surface area contributed by atoms with Crippen LogP contribution in [0.5, 0.6) is 11.5 Å². The number of aromatic nitrogens is 1. The quantitative estimate of drug-likeness (QED) is 0.713. The van der Waals surface area contributed by atoms with Crippen molar-refractivity contribution in [1.82, 2.24) is 4.98 Å². The van der Waals surface area contributed by atoms with Crippen LogP contribution in [0.25, 0.3) is 0 Å². The monoisotopic (exact) mass is 250 g/mol. The fraction of sp³-hybridized carbons (Fsp3) is 0.0909. The molecule has 0 unspecified atom stereocenters. The molecule has 0 radical (unpaired) electrons. The normalized spacial score (nSPS) is 10.2. The molecule has 1 heterocycles. The largest absolute Gasteiger partial charge is 0.504 e. The maximum atomic E-state index is 11.7. The van der Waals surface area contributed by atoms with E-state index in [0.29, 0.717) is 5.13 Å². The van der Waals surface area contributed by atoms with E-state index in [-0.39, 0.29) is 23.0 Å². The minimum atomic E-state index is -0.380. The molecule has 1 aromatic heterocycles. The number of carbonyl (C=O) groups excluding carboxylic acids is 1. The Morgan fingerprint density at radius 3 is 2.71 bits per heavy atom. The van der Waals surface area contributed by atoms with E-state index >= 15 is 0 Å². The third-order valence-corrected chi connectivity index (χ3v) is 2.91. The standard InChI is InChI=1S/C11H10N2O3S/c1-6-5-12-11(17-6)13-10(16)7-2-3-8(14)9(15)4-7/h2-5,14-15H,1H3,(H,12,13,16). The SMILES string of the molecule is Cc1cnc(NC(=O)c2ccc(O)c(O)c2)s1. The Balaban J connectivity index is 2.17. The molecule has 0 aliphatic heterocycles. The van der Waals surface area contributed by atoms with Gasteiger partial charge in [-0.1, -0.05) is 0 Å². The Kier molecular flexibility index (Phi) is 2.97. The number of benzene rings is 1. The molecule has 0 spiro atoms. The first-order valence-corrected chi connectivity index (χ1v) is 5.63. The van der Waals surface area contributed by atoms with E-state index in [1.165, 1.54) is 29.5 Å². The van der Waals surface area contributed by atoms with Crippen LogP contribution in [-0.4, -0.2) is 21.1 Å². The number of phenolic OH excluding ortho intramolecular Hbond substituents is 2. The lowest BCUT2D eigenvalue weighted by molar-refractivity contribution is 0.102. The van der Waals surface area contributed by atoms with Crippen LogP contribution in [0.3, 0.4) is 0 Å². The molecule has 0 saturated heterocycles. The van der Waals surface area contributed by atoms with Crippen molar-refractivity contribution in [2.24, 2.45) is 0 Å². The lowest BCUT2D eigenvalue weighted by Crippen LogP contribution is -2.11. The number of carbonyl (C=O) groups is 1. The summed E-state index contributed by atoms with van der Waals surface area (Å²) in [5, 5.41) is 21.5. The highest BCUT2D eigenvalue weighted by atomic mass is 32.1. The third-order valence-electron chi connectivity index (χ3n) is 2.08. The third kappa shape index (κ3) is 2.54. The van der Waals surface area contributed by atoms with Crippen LogP contribution in [0.4, 0.5) is 5.13 Å². The number of phenols is 2. The van der Waals surface area contributed by atoms with Crippen molar-refractivity contribution in [1.29, 1.82) is 0 Å². The molecule has 2 rings (SSSR count). The van der Waals surface area contributed by atoms with Crippen LogP contribution in [0, 0.1) is 6.92 Å². The smallest absolute Gasteiger partial charge is 0.257 e.